The van der Waals surface area contributed by atoms with Gasteiger partial charge in [0.25, 0.3) is 0 Å². The fraction of sp³-hybridized carbons (Fsp3) is 0.611. The lowest BCUT2D eigenvalue weighted by atomic mass is 10.1. The Morgan fingerprint density at radius 3 is 2.38 bits per heavy atom. The van der Waals surface area contributed by atoms with Crippen molar-refractivity contribution in [1.82, 2.24) is 14.8 Å². The molecule has 2 heterocycles. The minimum atomic E-state index is 0.0192. The predicted octanol–water partition coefficient (Wildman–Crippen LogP) is 2.07. The molecule has 5 nitrogen and oxygen atoms in total. The Labute approximate surface area is 148 Å². The van der Waals surface area contributed by atoms with Gasteiger partial charge in [-0.3, -0.25) is 14.6 Å². The summed E-state index contributed by atoms with van der Waals surface area (Å²) in [5.74, 6) is 1.57. The van der Waals surface area contributed by atoms with Crippen molar-refractivity contribution in [3.63, 3.8) is 0 Å². The normalized spacial score (nSPS) is 16.3. The Morgan fingerprint density at radius 2 is 1.83 bits per heavy atom. The maximum absolute atomic E-state index is 12.7. The number of hydrogen-bond acceptors (Lipinski definition) is 4. The van der Waals surface area contributed by atoms with Crippen LogP contribution in [0.15, 0.2) is 24.4 Å². The minimum absolute atomic E-state index is 0.0192. The number of piperazine rings is 1. The van der Waals surface area contributed by atoms with Gasteiger partial charge in [-0.15, -0.1) is 11.8 Å². The highest BCUT2D eigenvalue weighted by Crippen LogP contribution is 2.22. The van der Waals surface area contributed by atoms with Gasteiger partial charge in [-0.25, -0.2) is 0 Å². The van der Waals surface area contributed by atoms with Crippen LogP contribution in [-0.2, 0) is 16.0 Å². The third-order valence-corrected chi connectivity index (χ3v) is 5.64. The van der Waals surface area contributed by atoms with E-state index in [-0.39, 0.29) is 17.1 Å². The van der Waals surface area contributed by atoms with Gasteiger partial charge in [0.15, 0.2) is 0 Å². The summed E-state index contributed by atoms with van der Waals surface area (Å²) in [4.78, 5) is 33.0. The summed E-state index contributed by atoms with van der Waals surface area (Å²) >= 11 is 1.72. The van der Waals surface area contributed by atoms with Crippen molar-refractivity contribution >= 4 is 23.6 Å². The van der Waals surface area contributed by atoms with Crippen molar-refractivity contribution in [2.24, 2.45) is 5.92 Å². The molecule has 1 fully saturated rings. The lowest BCUT2D eigenvalue weighted by Crippen LogP contribution is -2.53. The monoisotopic (exact) mass is 349 g/mol. The second kappa shape index (κ2) is 9.06. The van der Waals surface area contributed by atoms with Crippen LogP contribution in [0.3, 0.4) is 0 Å². The molecule has 0 bridgehead atoms. The Hall–Kier alpha value is -1.56. The number of amides is 2. The van der Waals surface area contributed by atoms with Crippen LogP contribution in [0.25, 0.3) is 0 Å². The van der Waals surface area contributed by atoms with Crippen LogP contribution < -0.4 is 0 Å². The minimum Gasteiger partial charge on any atom is -0.339 e. The van der Waals surface area contributed by atoms with Crippen molar-refractivity contribution in [3.05, 3.63) is 30.1 Å². The molecule has 0 aromatic carbocycles. The van der Waals surface area contributed by atoms with Crippen LogP contribution in [0.5, 0.6) is 0 Å². The zero-order chi connectivity index (χ0) is 17.5. The van der Waals surface area contributed by atoms with E-state index in [1.807, 2.05) is 28.0 Å². The van der Waals surface area contributed by atoms with Gasteiger partial charge in [0, 0.05) is 38.1 Å². The third kappa shape index (κ3) is 4.97. The highest BCUT2D eigenvalue weighted by molar-refractivity contribution is 8.00. The predicted molar refractivity (Wildman–Crippen MR) is 97.9 cm³/mol. The summed E-state index contributed by atoms with van der Waals surface area (Å²) < 4.78 is 0. The van der Waals surface area contributed by atoms with Crippen LogP contribution >= 0.6 is 11.8 Å². The molecular weight excluding hydrogens is 322 g/mol. The summed E-state index contributed by atoms with van der Waals surface area (Å²) in [5.41, 5.74) is 0.792. The Bertz CT molecular complexity index is 542. The maximum Gasteiger partial charge on any atom is 0.236 e. The third-order valence-electron chi connectivity index (χ3n) is 4.20. The number of carbonyl (C=O) groups is 2. The van der Waals surface area contributed by atoms with Gasteiger partial charge in [0.1, 0.15) is 0 Å². The number of nitrogens with zero attached hydrogens (tertiary/aromatic N) is 3. The number of thioether (sulfide) groups is 1. The van der Waals surface area contributed by atoms with Crippen LogP contribution in [0.2, 0.25) is 0 Å². The molecule has 132 valence electrons. The molecule has 0 unspecified atom stereocenters. The molecule has 1 aliphatic rings. The quantitative estimate of drug-likeness (QED) is 0.789. The highest BCUT2D eigenvalue weighted by Gasteiger charge is 2.30. The number of pyridine rings is 1. The van der Waals surface area contributed by atoms with Crippen molar-refractivity contribution in [2.45, 2.75) is 32.4 Å². The summed E-state index contributed by atoms with van der Waals surface area (Å²) in [6, 6.07) is 5.61. The van der Waals surface area contributed by atoms with E-state index in [0.717, 1.165) is 11.4 Å². The average molecular weight is 350 g/mol. The smallest absolute Gasteiger partial charge is 0.236 e. The van der Waals surface area contributed by atoms with Crippen LogP contribution in [-0.4, -0.2) is 63.8 Å². The number of hydrogen-bond donors (Lipinski definition) is 0. The number of aromatic nitrogens is 1. The maximum atomic E-state index is 12.7. The SMILES string of the molecule is CCS[C@H](C(=O)N1CCN(C(=O)Cc2ccccn2)CC1)C(C)C. The van der Waals surface area contributed by atoms with E-state index in [2.05, 4.69) is 25.8 Å². The Balaban J connectivity index is 1.86. The molecule has 1 aromatic heterocycles. The van der Waals surface area contributed by atoms with E-state index < -0.39 is 0 Å². The first kappa shape index (κ1) is 18.8. The molecule has 0 aliphatic carbocycles. The fourth-order valence-corrected chi connectivity index (χ4v) is 3.89. The second-order valence-corrected chi connectivity index (χ2v) is 7.74. The molecular formula is C18H27N3O2S. The van der Waals surface area contributed by atoms with Crippen molar-refractivity contribution in [3.8, 4) is 0 Å². The lowest BCUT2D eigenvalue weighted by molar-refractivity contribution is -0.139. The van der Waals surface area contributed by atoms with Gasteiger partial charge in [-0.05, 0) is 23.8 Å². The highest BCUT2D eigenvalue weighted by atomic mass is 32.2. The van der Waals surface area contributed by atoms with E-state index in [9.17, 15) is 9.59 Å². The van der Waals surface area contributed by atoms with E-state index in [0.29, 0.717) is 38.5 Å². The molecule has 1 aromatic rings. The standard InChI is InChI=1S/C18H27N3O2S/c1-4-24-17(14(2)3)18(23)21-11-9-20(10-12-21)16(22)13-15-7-5-6-8-19-15/h5-8,14,17H,4,9-13H2,1-3H3/t17-/m0/s1. The van der Waals surface area contributed by atoms with Crippen LogP contribution in [0.4, 0.5) is 0 Å². The van der Waals surface area contributed by atoms with Gasteiger partial charge in [0.05, 0.1) is 11.7 Å². The number of carbonyl (C=O) groups excluding carboxylic acids is 2. The first-order valence-corrected chi connectivity index (χ1v) is 9.65. The van der Waals surface area contributed by atoms with E-state index in [1.165, 1.54) is 0 Å². The zero-order valence-electron chi connectivity index (χ0n) is 14.8. The molecule has 1 aliphatic heterocycles. The summed E-state index contributed by atoms with van der Waals surface area (Å²) in [7, 11) is 0. The summed E-state index contributed by atoms with van der Waals surface area (Å²) in [6.07, 6.45) is 2.03. The van der Waals surface area contributed by atoms with Gasteiger partial charge in [0.2, 0.25) is 11.8 Å². The first-order chi connectivity index (χ1) is 11.5. The summed E-state index contributed by atoms with van der Waals surface area (Å²) in [5, 5.41) is 0.0192. The van der Waals surface area contributed by atoms with Gasteiger partial charge in [-0.1, -0.05) is 26.8 Å². The topological polar surface area (TPSA) is 53.5 Å². The Morgan fingerprint density at radius 1 is 1.17 bits per heavy atom. The van der Waals surface area contributed by atoms with E-state index in [4.69, 9.17) is 0 Å². The molecule has 1 saturated heterocycles. The fourth-order valence-electron chi connectivity index (χ4n) is 2.85. The molecule has 0 N–H and O–H groups in total. The van der Waals surface area contributed by atoms with Crippen LogP contribution in [0, 0.1) is 5.92 Å². The molecule has 24 heavy (non-hydrogen) atoms. The lowest BCUT2D eigenvalue weighted by Gasteiger charge is -2.37. The second-order valence-electron chi connectivity index (χ2n) is 6.32. The molecule has 0 spiro atoms. The zero-order valence-corrected chi connectivity index (χ0v) is 15.6. The molecule has 0 saturated carbocycles. The Kier molecular flexibility index (Phi) is 7.09. The van der Waals surface area contributed by atoms with Gasteiger partial charge < -0.3 is 9.80 Å². The van der Waals surface area contributed by atoms with Crippen molar-refractivity contribution in [2.75, 3.05) is 31.9 Å². The largest absolute Gasteiger partial charge is 0.339 e. The molecule has 2 rings (SSSR count). The molecule has 2 amide bonds. The molecule has 0 radical (unpaired) electrons. The average Bonchev–Trinajstić information content (AvgIpc) is 2.60. The first-order valence-electron chi connectivity index (χ1n) is 8.61. The number of rotatable bonds is 6. The summed E-state index contributed by atoms with van der Waals surface area (Å²) in [6.45, 7) is 8.75. The van der Waals surface area contributed by atoms with Gasteiger partial charge in [-0.2, -0.15) is 0 Å². The van der Waals surface area contributed by atoms with E-state index in [1.54, 1.807) is 18.0 Å². The van der Waals surface area contributed by atoms with Gasteiger partial charge >= 0.3 is 0 Å². The molecule has 1 atom stereocenters. The molecule has 6 heteroatoms. The van der Waals surface area contributed by atoms with E-state index >= 15 is 0 Å². The van der Waals surface area contributed by atoms with Crippen LogP contribution in [0.1, 0.15) is 26.5 Å². The van der Waals surface area contributed by atoms with Crippen molar-refractivity contribution in [1.29, 1.82) is 0 Å². The van der Waals surface area contributed by atoms with Crippen molar-refractivity contribution < 1.29 is 9.59 Å².